The van der Waals surface area contributed by atoms with Crippen LogP contribution in [0.2, 0.25) is 5.02 Å². The van der Waals surface area contributed by atoms with Gasteiger partial charge in [0, 0.05) is 10.6 Å². The number of hydrogen-bond donors (Lipinski definition) is 0. The molecule has 0 saturated carbocycles. The van der Waals surface area contributed by atoms with Crippen LogP contribution in [0, 0.1) is 0 Å². The van der Waals surface area contributed by atoms with E-state index in [9.17, 15) is 4.79 Å². The van der Waals surface area contributed by atoms with Gasteiger partial charge in [-0.1, -0.05) is 11.6 Å². The predicted octanol–water partition coefficient (Wildman–Crippen LogP) is 2.55. The summed E-state index contributed by atoms with van der Waals surface area (Å²) in [5, 5.41) is 4.62. The Labute approximate surface area is 104 Å². The highest BCUT2D eigenvalue weighted by Crippen LogP contribution is 2.21. The second-order valence-electron chi connectivity index (χ2n) is 4.24. The molecule has 0 aliphatic rings. The summed E-state index contributed by atoms with van der Waals surface area (Å²) >= 11 is 5.79. The molecule has 0 saturated heterocycles. The van der Waals surface area contributed by atoms with Crippen LogP contribution in [0.4, 0.5) is 0 Å². The molecule has 0 unspecified atom stereocenters. The van der Waals surface area contributed by atoms with Gasteiger partial charge in [0.1, 0.15) is 18.2 Å². The van der Waals surface area contributed by atoms with Gasteiger partial charge < -0.3 is 0 Å². The van der Waals surface area contributed by atoms with Crippen LogP contribution in [-0.2, 0) is 5.54 Å². The lowest BCUT2D eigenvalue weighted by Crippen LogP contribution is -2.36. The minimum atomic E-state index is -0.760. The Morgan fingerprint density at radius 3 is 2.47 bits per heavy atom. The van der Waals surface area contributed by atoms with Gasteiger partial charge in [0.25, 0.3) is 0 Å². The molecule has 2 aromatic rings. The van der Waals surface area contributed by atoms with E-state index in [0.29, 0.717) is 10.6 Å². The average molecular weight is 250 g/mol. The second kappa shape index (κ2) is 4.30. The number of hydrogen-bond acceptors (Lipinski definition) is 3. The molecular weight excluding hydrogens is 238 g/mol. The van der Waals surface area contributed by atoms with E-state index in [-0.39, 0.29) is 5.78 Å². The molecule has 2 rings (SSSR count). The Bertz CT molecular complexity index is 517. The Morgan fingerprint density at radius 2 is 1.94 bits per heavy atom. The van der Waals surface area contributed by atoms with Gasteiger partial charge in [-0.3, -0.25) is 4.79 Å². The fraction of sp³-hybridized carbons (Fsp3) is 0.250. The predicted molar refractivity (Wildman–Crippen MR) is 65.1 cm³/mol. The molecule has 1 aromatic carbocycles. The number of ketones is 1. The summed E-state index contributed by atoms with van der Waals surface area (Å²) in [4.78, 5) is 16.2. The number of benzene rings is 1. The highest BCUT2D eigenvalue weighted by molar-refractivity contribution is 6.30. The normalized spacial score (nSPS) is 11.5. The molecule has 5 heteroatoms. The van der Waals surface area contributed by atoms with Crippen LogP contribution in [0.5, 0.6) is 0 Å². The first kappa shape index (κ1) is 11.8. The van der Waals surface area contributed by atoms with Crippen molar-refractivity contribution in [1.29, 1.82) is 0 Å². The molecule has 0 amide bonds. The van der Waals surface area contributed by atoms with Crippen molar-refractivity contribution in [3.63, 3.8) is 0 Å². The van der Waals surface area contributed by atoms with E-state index in [0.717, 1.165) is 0 Å². The van der Waals surface area contributed by atoms with Crippen molar-refractivity contribution in [2.45, 2.75) is 19.4 Å². The lowest BCUT2D eigenvalue weighted by atomic mass is 9.93. The van der Waals surface area contributed by atoms with Gasteiger partial charge in [-0.15, -0.1) is 0 Å². The van der Waals surface area contributed by atoms with E-state index in [1.54, 1.807) is 42.8 Å². The molecule has 0 fully saturated rings. The third kappa shape index (κ3) is 2.22. The fourth-order valence-corrected chi connectivity index (χ4v) is 1.68. The minimum Gasteiger partial charge on any atom is -0.291 e. The Balaban J connectivity index is 2.34. The van der Waals surface area contributed by atoms with Crippen molar-refractivity contribution in [2.75, 3.05) is 0 Å². The third-order valence-electron chi connectivity index (χ3n) is 2.65. The van der Waals surface area contributed by atoms with Crippen molar-refractivity contribution in [2.24, 2.45) is 0 Å². The summed E-state index contributed by atoms with van der Waals surface area (Å²) in [5.74, 6) is -0.0281. The molecule has 0 N–H and O–H groups in total. The van der Waals surface area contributed by atoms with Crippen LogP contribution in [-0.4, -0.2) is 20.5 Å². The van der Waals surface area contributed by atoms with Gasteiger partial charge in [-0.2, -0.15) is 5.10 Å². The molecule has 0 radical (unpaired) electrons. The summed E-state index contributed by atoms with van der Waals surface area (Å²) in [6, 6.07) is 6.82. The molecular formula is C12H12ClN3O. The van der Waals surface area contributed by atoms with Crippen LogP contribution in [0.25, 0.3) is 0 Å². The van der Waals surface area contributed by atoms with E-state index in [1.807, 2.05) is 0 Å². The molecule has 0 atom stereocenters. The average Bonchev–Trinajstić information content (AvgIpc) is 2.83. The molecule has 0 aliphatic carbocycles. The molecule has 0 spiro atoms. The third-order valence-corrected chi connectivity index (χ3v) is 2.91. The summed E-state index contributed by atoms with van der Waals surface area (Å²) in [7, 11) is 0. The number of aromatic nitrogens is 3. The monoisotopic (exact) mass is 249 g/mol. The van der Waals surface area contributed by atoms with E-state index in [4.69, 9.17) is 11.6 Å². The smallest absolute Gasteiger partial charge is 0.189 e. The number of halogens is 1. The number of carbonyl (C=O) groups excluding carboxylic acids is 1. The van der Waals surface area contributed by atoms with Crippen LogP contribution >= 0.6 is 11.6 Å². The topological polar surface area (TPSA) is 47.8 Å². The van der Waals surface area contributed by atoms with Gasteiger partial charge in [0.05, 0.1) is 0 Å². The summed E-state index contributed by atoms with van der Waals surface area (Å²) in [6.07, 6.45) is 2.95. The SMILES string of the molecule is CC(C)(C(=O)c1ccc(Cl)cc1)n1cncn1. The van der Waals surface area contributed by atoms with Gasteiger partial charge in [0.2, 0.25) is 0 Å². The van der Waals surface area contributed by atoms with Gasteiger partial charge in [0.15, 0.2) is 5.78 Å². The number of rotatable bonds is 3. The van der Waals surface area contributed by atoms with Crippen LogP contribution < -0.4 is 0 Å². The van der Waals surface area contributed by atoms with Gasteiger partial charge >= 0.3 is 0 Å². The number of Topliss-reactive ketones (excluding diaryl/α,β-unsaturated/α-hetero) is 1. The van der Waals surface area contributed by atoms with Crippen molar-refractivity contribution in [1.82, 2.24) is 14.8 Å². The van der Waals surface area contributed by atoms with Gasteiger partial charge in [-0.25, -0.2) is 9.67 Å². The zero-order valence-corrected chi connectivity index (χ0v) is 10.3. The molecule has 0 bridgehead atoms. The fourth-order valence-electron chi connectivity index (χ4n) is 1.56. The van der Waals surface area contributed by atoms with Gasteiger partial charge in [-0.05, 0) is 38.1 Å². The van der Waals surface area contributed by atoms with Crippen molar-refractivity contribution in [3.05, 3.63) is 47.5 Å². The highest BCUT2D eigenvalue weighted by atomic mass is 35.5. The number of carbonyl (C=O) groups is 1. The van der Waals surface area contributed by atoms with Crippen molar-refractivity contribution < 1.29 is 4.79 Å². The standard InChI is InChI=1S/C12H12ClN3O/c1-12(2,16-8-14-7-15-16)11(17)9-3-5-10(13)6-4-9/h3-8H,1-2H3. The first-order valence-corrected chi connectivity index (χ1v) is 5.55. The maximum atomic E-state index is 12.3. The van der Waals surface area contributed by atoms with Crippen LogP contribution in [0.1, 0.15) is 24.2 Å². The maximum absolute atomic E-state index is 12.3. The minimum absolute atomic E-state index is 0.0281. The zero-order chi connectivity index (χ0) is 12.5. The zero-order valence-electron chi connectivity index (χ0n) is 9.59. The Kier molecular flexibility index (Phi) is 2.98. The van der Waals surface area contributed by atoms with E-state index in [2.05, 4.69) is 10.1 Å². The second-order valence-corrected chi connectivity index (χ2v) is 4.67. The molecule has 1 heterocycles. The van der Waals surface area contributed by atoms with Crippen molar-refractivity contribution >= 4 is 17.4 Å². The van der Waals surface area contributed by atoms with Crippen LogP contribution in [0.15, 0.2) is 36.9 Å². The molecule has 4 nitrogen and oxygen atoms in total. The Morgan fingerprint density at radius 1 is 1.29 bits per heavy atom. The van der Waals surface area contributed by atoms with E-state index in [1.165, 1.54) is 12.7 Å². The lowest BCUT2D eigenvalue weighted by Gasteiger charge is -2.23. The first-order valence-electron chi connectivity index (χ1n) is 5.17. The van der Waals surface area contributed by atoms with Crippen molar-refractivity contribution in [3.8, 4) is 0 Å². The summed E-state index contributed by atoms with van der Waals surface area (Å²) in [5.41, 5.74) is -0.153. The molecule has 0 aliphatic heterocycles. The number of nitrogens with zero attached hydrogens (tertiary/aromatic N) is 3. The quantitative estimate of drug-likeness (QED) is 0.786. The molecule has 1 aromatic heterocycles. The van der Waals surface area contributed by atoms with E-state index >= 15 is 0 Å². The molecule has 88 valence electrons. The largest absolute Gasteiger partial charge is 0.291 e. The van der Waals surface area contributed by atoms with E-state index < -0.39 is 5.54 Å². The highest BCUT2D eigenvalue weighted by Gasteiger charge is 2.31. The summed E-state index contributed by atoms with van der Waals surface area (Å²) in [6.45, 7) is 3.61. The first-order chi connectivity index (χ1) is 8.01. The summed E-state index contributed by atoms with van der Waals surface area (Å²) < 4.78 is 1.55. The molecule has 17 heavy (non-hydrogen) atoms. The Hall–Kier alpha value is -1.68. The lowest BCUT2D eigenvalue weighted by molar-refractivity contribution is 0.0833. The van der Waals surface area contributed by atoms with Crippen LogP contribution in [0.3, 0.4) is 0 Å². The maximum Gasteiger partial charge on any atom is 0.189 e.